The fourth-order valence-corrected chi connectivity index (χ4v) is 11.4. The van der Waals surface area contributed by atoms with Gasteiger partial charge in [0.15, 0.2) is 0 Å². The van der Waals surface area contributed by atoms with E-state index >= 15 is 0 Å². The Morgan fingerprint density at radius 1 is 0.235 bits per heavy atom. The van der Waals surface area contributed by atoms with E-state index in [-0.39, 0.29) is 0 Å². The van der Waals surface area contributed by atoms with Gasteiger partial charge in [0.25, 0.3) is 0 Å². The maximum absolute atomic E-state index is 2.43. The standard InChI is InChI=1S/C66H43NS/c1-5-14-44(15-6-1)47-24-26-49(27-25-47)54-38-55(40-56(39-54)53-32-37-65-62(43-53)59-23-13-22-58(66(59)68-65)50-20-11-4-12-21-50)52-31-36-64-61(42-52)60-41-51(46-18-9-3-10-19-46)30-35-63(60)67(64)57-33-28-48(29-34-57)45-16-7-2-8-17-45/h1-43H. The minimum absolute atomic E-state index is 1.14. The number of benzene rings is 11. The van der Waals surface area contributed by atoms with Crippen LogP contribution in [0.25, 0.3) is 126 Å². The van der Waals surface area contributed by atoms with Crippen LogP contribution < -0.4 is 0 Å². The van der Waals surface area contributed by atoms with E-state index in [1.54, 1.807) is 0 Å². The van der Waals surface area contributed by atoms with Crippen molar-refractivity contribution in [2.24, 2.45) is 0 Å². The van der Waals surface area contributed by atoms with E-state index in [0.717, 1.165) is 5.69 Å². The Labute approximate surface area is 400 Å². The van der Waals surface area contributed by atoms with E-state index in [1.165, 1.54) is 120 Å². The van der Waals surface area contributed by atoms with Gasteiger partial charge in [-0.25, -0.2) is 0 Å². The van der Waals surface area contributed by atoms with Crippen molar-refractivity contribution in [3.8, 4) is 83.6 Å². The zero-order valence-corrected chi connectivity index (χ0v) is 38.0. The molecule has 0 bridgehead atoms. The van der Waals surface area contributed by atoms with Crippen molar-refractivity contribution in [1.82, 2.24) is 4.57 Å². The van der Waals surface area contributed by atoms with Crippen LogP contribution in [0.15, 0.2) is 261 Å². The van der Waals surface area contributed by atoms with E-state index in [4.69, 9.17) is 0 Å². The third-order valence-corrected chi connectivity index (χ3v) is 14.8. The lowest BCUT2D eigenvalue weighted by molar-refractivity contribution is 1.18. The van der Waals surface area contributed by atoms with Crippen molar-refractivity contribution in [1.29, 1.82) is 0 Å². The predicted octanol–water partition coefficient (Wildman–Crippen LogP) is 18.8. The van der Waals surface area contributed by atoms with Crippen molar-refractivity contribution >= 4 is 53.3 Å². The lowest BCUT2D eigenvalue weighted by atomic mass is 9.91. The molecule has 13 aromatic rings. The molecule has 2 heterocycles. The van der Waals surface area contributed by atoms with Crippen molar-refractivity contribution in [2.45, 2.75) is 0 Å². The molecule has 0 fully saturated rings. The van der Waals surface area contributed by atoms with Crippen LogP contribution in [0.1, 0.15) is 0 Å². The van der Waals surface area contributed by atoms with E-state index < -0.39 is 0 Å². The molecule has 318 valence electrons. The second kappa shape index (κ2) is 16.7. The molecule has 0 N–H and O–H groups in total. The van der Waals surface area contributed by atoms with Gasteiger partial charge in [0.05, 0.1) is 11.0 Å². The fraction of sp³-hybridized carbons (Fsp3) is 0. The third kappa shape index (κ3) is 7.11. The third-order valence-electron chi connectivity index (χ3n) is 13.6. The Balaban J connectivity index is 0.986. The molecule has 0 unspecified atom stereocenters. The van der Waals surface area contributed by atoms with Crippen LogP contribution in [0.3, 0.4) is 0 Å². The van der Waals surface area contributed by atoms with Crippen LogP contribution in [-0.4, -0.2) is 4.57 Å². The maximum Gasteiger partial charge on any atom is 0.0541 e. The SMILES string of the molecule is c1ccc(-c2ccc(-c3cc(-c4ccc5sc6c(-c7ccccc7)cccc6c5c4)cc(-c4ccc5c(c4)c4cc(-c6ccccc6)ccc4n5-c4ccc(-c5ccccc5)cc4)c3)cc2)cc1. The van der Waals surface area contributed by atoms with Crippen molar-refractivity contribution in [3.05, 3.63) is 261 Å². The Morgan fingerprint density at radius 3 is 1.15 bits per heavy atom. The minimum Gasteiger partial charge on any atom is -0.309 e. The molecule has 0 amide bonds. The van der Waals surface area contributed by atoms with Crippen molar-refractivity contribution in [2.75, 3.05) is 0 Å². The molecule has 2 heteroatoms. The molecular formula is C66H43NS. The Morgan fingerprint density at radius 2 is 0.618 bits per heavy atom. The first-order valence-corrected chi connectivity index (χ1v) is 24.1. The first-order valence-electron chi connectivity index (χ1n) is 23.3. The van der Waals surface area contributed by atoms with Gasteiger partial charge >= 0.3 is 0 Å². The van der Waals surface area contributed by atoms with Crippen molar-refractivity contribution in [3.63, 3.8) is 0 Å². The Kier molecular flexibility index (Phi) is 9.77. The lowest BCUT2D eigenvalue weighted by Crippen LogP contribution is -1.94. The molecule has 0 saturated carbocycles. The summed E-state index contributed by atoms with van der Waals surface area (Å²) in [4.78, 5) is 0. The number of aromatic nitrogens is 1. The number of rotatable bonds is 8. The number of hydrogen-bond donors (Lipinski definition) is 0. The van der Waals surface area contributed by atoms with Gasteiger partial charge < -0.3 is 4.57 Å². The van der Waals surface area contributed by atoms with Gasteiger partial charge in [0, 0.05) is 36.6 Å². The molecule has 11 aromatic carbocycles. The highest BCUT2D eigenvalue weighted by atomic mass is 32.1. The summed E-state index contributed by atoms with van der Waals surface area (Å²) >= 11 is 1.89. The first-order chi connectivity index (χ1) is 33.7. The quantitative estimate of drug-likeness (QED) is 0.143. The van der Waals surface area contributed by atoms with E-state index in [1.807, 2.05) is 11.3 Å². The maximum atomic E-state index is 2.43. The largest absolute Gasteiger partial charge is 0.309 e. The molecule has 0 spiro atoms. The molecule has 0 atom stereocenters. The average Bonchev–Trinajstić information content (AvgIpc) is 3.97. The van der Waals surface area contributed by atoms with Gasteiger partial charge in [-0.2, -0.15) is 0 Å². The molecule has 0 aliphatic carbocycles. The Bertz CT molecular complexity index is 3960. The summed E-state index contributed by atoms with van der Waals surface area (Å²) in [5.74, 6) is 0. The summed E-state index contributed by atoms with van der Waals surface area (Å²) in [7, 11) is 0. The van der Waals surface area contributed by atoms with Gasteiger partial charge in [0.1, 0.15) is 0 Å². The van der Waals surface area contributed by atoms with Gasteiger partial charge in [-0.1, -0.05) is 194 Å². The summed E-state index contributed by atoms with van der Waals surface area (Å²) in [6.07, 6.45) is 0. The van der Waals surface area contributed by atoms with Gasteiger partial charge in [0.2, 0.25) is 0 Å². The zero-order valence-electron chi connectivity index (χ0n) is 37.2. The molecule has 1 nitrogen and oxygen atoms in total. The van der Waals surface area contributed by atoms with Crippen LogP contribution in [-0.2, 0) is 0 Å². The van der Waals surface area contributed by atoms with Gasteiger partial charge in [-0.05, 0) is 145 Å². The highest BCUT2D eigenvalue weighted by molar-refractivity contribution is 7.26. The molecule has 0 radical (unpaired) electrons. The lowest BCUT2D eigenvalue weighted by Gasteiger charge is -2.13. The molecule has 0 saturated heterocycles. The number of hydrogen-bond acceptors (Lipinski definition) is 1. The highest BCUT2D eigenvalue weighted by Gasteiger charge is 2.18. The summed E-state index contributed by atoms with van der Waals surface area (Å²) < 4.78 is 5.05. The second-order valence-corrected chi connectivity index (χ2v) is 18.7. The predicted molar refractivity (Wildman–Crippen MR) is 292 cm³/mol. The average molecular weight is 882 g/mol. The van der Waals surface area contributed by atoms with Crippen LogP contribution >= 0.6 is 11.3 Å². The second-order valence-electron chi connectivity index (χ2n) is 17.7. The topological polar surface area (TPSA) is 4.93 Å². The van der Waals surface area contributed by atoms with E-state index in [9.17, 15) is 0 Å². The fourth-order valence-electron chi connectivity index (χ4n) is 10.2. The molecule has 0 aliphatic rings. The van der Waals surface area contributed by atoms with Gasteiger partial charge in [-0.15, -0.1) is 11.3 Å². The van der Waals surface area contributed by atoms with Gasteiger partial charge in [-0.3, -0.25) is 0 Å². The number of fused-ring (bicyclic) bond motifs is 6. The normalized spacial score (nSPS) is 11.5. The Hall–Kier alpha value is -8.56. The summed E-state index contributed by atoms with van der Waals surface area (Å²) in [5, 5.41) is 5.04. The smallest absolute Gasteiger partial charge is 0.0541 e. The number of nitrogens with zero attached hydrogens (tertiary/aromatic N) is 1. The van der Waals surface area contributed by atoms with Crippen molar-refractivity contribution < 1.29 is 0 Å². The first kappa shape index (κ1) is 39.8. The molecule has 0 aliphatic heterocycles. The monoisotopic (exact) mass is 881 g/mol. The summed E-state index contributed by atoms with van der Waals surface area (Å²) in [6.45, 7) is 0. The van der Waals surface area contributed by atoms with Crippen LogP contribution in [0.4, 0.5) is 0 Å². The summed E-state index contributed by atoms with van der Waals surface area (Å²) in [5.41, 5.74) is 20.4. The van der Waals surface area contributed by atoms with Crippen LogP contribution in [0.2, 0.25) is 0 Å². The van der Waals surface area contributed by atoms with E-state index in [0.29, 0.717) is 0 Å². The summed E-state index contributed by atoms with van der Waals surface area (Å²) in [6, 6.07) is 95.8. The van der Waals surface area contributed by atoms with E-state index in [2.05, 4.69) is 265 Å². The molecule has 68 heavy (non-hydrogen) atoms. The zero-order chi connectivity index (χ0) is 45.0. The molecule has 2 aromatic heterocycles. The van der Waals surface area contributed by atoms with Crippen LogP contribution in [0, 0.1) is 0 Å². The number of thiophene rings is 1. The molecular weight excluding hydrogens is 839 g/mol. The van der Waals surface area contributed by atoms with Crippen LogP contribution in [0.5, 0.6) is 0 Å². The highest BCUT2D eigenvalue weighted by Crippen LogP contribution is 2.44. The molecule has 13 rings (SSSR count). The minimum atomic E-state index is 1.14.